The molecule has 0 spiro atoms. The predicted octanol–water partition coefficient (Wildman–Crippen LogP) is 3.45. The Hall–Kier alpha value is -1.93. The van der Waals surface area contributed by atoms with Gasteiger partial charge >= 0.3 is 5.97 Å². The lowest BCUT2D eigenvalue weighted by Crippen LogP contribution is -1.99. The van der Waals surface area contributed by atoms with Crippen LogP contribution in [0.15, 0.2) is 27.4 Å². The monoisotopic (exact) mass is 324 g/mol. The highest BCUT2D eigenvalue weighted by Gasteiger charge is 2.19. The van der Waals surface area contributed by atoms with Crippen LogP contribution in [-0.2, 0) is 11.2 Å². The average Bonchev–Trinajstić information content (AvgIpc) is 2.71. The van der Waals surface area contributed by atoms with Crippen molar-refractivity contribution in [1.29, 1.82) is 0 Å². The first-order valence-corrected chi connectivity index (χ1v) is 7.61. The molecule has 1 N–H and O–H groups in total. The zero-order valence-corrected chi connectivity index (χ0v) is 13.0. The predicted molar refractivity (Wildman–Crippen MR) is 80.1 cm³/mol. The standard InChI is InChI=1S/C13H12N2O4S2/c1-7-4-3-5-9(15(18)19)12(7)21-13-14-8(2)10(20-13)6-11(16)17/h3-5H,6H2,1-2H3,(H,16,17). The van der Waals surface area contributed by atoms with E-state index in [1.54, 1.807) is 26.0 Å². The van der Waals surface area contributed by atoms with Gasteiger partial charge in [0, 0.05) is 10.9 Å². The lowest BCUT2D eigenvalue weighted by molar-refractivity contribution is -0.387. The maximum Gasteiger partial charge on any atom is 0.308 e. The number of nitrogens with zero attached hydrogens (tertiary/aromatic N) is 2. The number of nitro benzene ring substituents is 1. The maximum absolute atomic E-state index is 11.1. The molecule has 0 radical (unpaired) electrons. The molecule has 6 nitrogen and oxygen atoms in total. The summed E-state index contributed by atoms with van der Waals surface area (Å²) in [6.45, 7) is 3.54. The van der Waals surface area contributed by atoms with Gasteiger partial charge in [-0.05, 0) is 19.4 Å². The lowest BCUT2D eigenvalue weighted by atomic mass is 10.2. The molecule has 110 valence electrons. The van der Waals surface area contributed by atoms with Gasteiger partial charge in [0.25, 0.3) is 5.69 Å². The van der Waals surface area contributed by atoms with E-state index in [4.69, 9.17) is 5.11 Å². The number of carbonyl (C=O) groups is 1. The third-order valence-corrected chi connectivity index (χ3v) is 5.22. The van der Waals surface area contributed by atoms with E-state index < -0.39 is 10.9 Å². The van der Waals surface area contributed by atoms with Gasteiger partial charge in [-0.3, -0.25) is 14.9 Å². The van der Waals surface area contributed by atoms with Gasteiger partial charge in [-0.15, -0.1) is 11.3 Å². The van der Waals surface area contributed by atoms with Gasteiger partial charge < -0.3 is 5.11 Å². The number of aromatic nitrogens is 1. The smallest absolute Gasteiger partial charge is 0.308 e. The van der Waals surface area contributed by atoms with Crippen molar-refractivity contribution < 1.29 is 14.8 Å². The number of carboxylic acid groups (broad SMARTS) is 1. The number of thiazole rings is 1. The molecular formula is C13H12N2O4S2. The molecule has 0 atom stereocenters. The van der Waals surface area contributed by atoms with E-state index in [0.717, 1.165) is 5.56 Å². The number of benzene rings is 1. The zero-order chi connectivity index (χ0) is 15.6. The third kappa shape index (κ3) is 3.59. The number of carboxylic acids is 1. The summed E-state index contributed by atoms with van der Waals surface area (Å²) in [6, 6.07) is 4.89. The largest absolute Gasteiger partial charge is 0.481 e. The summed E-state index contributed by atoms with van der Waals surface area (Å²) in [5.41, 5.74) is 1.48. The van der Waals surface area contributed by atoms with Crippen molar-refractivity contribution in [2.45, 2.75) is 29.5 Å². The van der Waals surface area contributed by atoms with Gasteiger partial charge in [-0.2, -0.15) is 0 Å². The Morgan fingerprint density at radius 2 is 2.19 bits per heavy atom. The minimum atomic E-state index is -0.917. The third-order valence-electron chi connectivity index (χ3n) is 2.76. The molecule has 1 heterocycles. The number of rotatable bonds is 5. The Morgan fingerprint density at radius 1 is 1.48 bits per heavy atom. The lowest BCUT2D eigenvalue weighted by Gasteiger charge is -2.03. The highest BCUT2D eigenvalue weighted by Crippen LogP contribution is 2.39. The summed E-state index contributed by atoms with van der Waals surface area (Å²) in [5, 5.41) is 19.9. The van der Waals surface area contributed by atoms with Gasteiger partial charge in [-0.25, -0.2) is 4.98 Å². The SMILES string of the molecule is Cc1cccc([N+](=O)[O-])c1Sc1nc(C)c(CC(=O)O)s1. The van der Waals surface area contributed by atoms with E-state index in [9.17, 15) is 14.9 Å². The fraction of sp³-hybridized carbons (Fsp3) is 0.231. The fourth-order valence-corrected chi connectivity index (χ4v) is 4.08. The summed E-state index contributed by atoms with van der Waals surface area (Å²) >= 11 is 2.46. The molecule has 2 aromatic rings. The number of hydrogen-bond acceptors (Lipinski definition) is 6. The van der Waals surface area contributed by atoms with Crippen LogP contribution in [0, 0.1) is 24.0 Å². The Labute approximate surface area is 129 Å². The number of aryl methyl sites for hydroxylation is 2. The van der Waals surface area contributed by atoms with Crippen LogP contribution < -0.4 is 0 Å². The molecule has 0 aliphatic rings. The van der Waals surface area contributed by atoms with Crippen LogP contribution in [0.4, 0.5) is 5.69 Å². The normalized spacial score (nSPS) is 10.6. The maximum atomic E-state index is 11.1. The van der Waals surface area contributed by atoms with E-state index >= 15 is 0 Å². The summed E-state index contributed by atoms with van der Waals surface area (Å²) in [4.78, 5) is 26.9. The first-order valence-electron chi connectivity index (χ1n) is 5.98. The molecule has 0 fully saturated rings. The molecule has 0 saturated heterocycles. The van der Waals surface area contributed by atoms with Crippen LogP contribution in [0.3, 0.4) is 0 Å². The topological polar surface area (TPSA) is 93.3 Å². The summed E-state index contributed by atoms with van der Waals surface area (Å²) < 4.78 is 0.612. The van der Waals surface area contributed by atoms with Crippen molar-refractivity contribution in [2.24, 2.45) is 0 Å². The van der Waals surface area contributed by atoms with Gasteiger partial charge in [0.1, 0.15) is 0 Å². The van der Waals surface area contributed by atoms with Crippen LogP contribution in [-0.4, -0.2) is 21.0 Å². The highest BCUT2D eigenvalue weighted by molar-refractivity contribution is 8.01. The summed E-state index contributed by atoms with van der Waals surface area (Å²) in [7, 11) is 0. The quantitative estimate of drug-likeness (QED) is 0.669. The Morgan fingerprint density at radius 3 is 2.81 bits per heavy atom. The highest BCUT2D eigenvalue weighted by atomic mass is 32.2. The number of nitro groups is 1. The molecule has 0 bridgehead atoms. The molecule has 1 aromatic heterocycles. The van der Waals surface area contributed by atoms with E-state index in [1.165, 1.54) is 29.2 Å². The van der Waals surface area contributed by atoms with Gasteiger partial charge in [0.2, 0.25) is 0 Å². The molecule has 8 heteroatoms. The second kappa shape index (κ2) is 6.23. The molecule has 0 saturated carbocycles. The van der Waals surface area contributed by atoms with E-state index in [2.05, 4.69) is 4.98 Å². The van der Waals surface area contributed by atoms with Gasteiger partial charge in [-0.1, -0.05) is 23.9 Å². The Balaban J connectivity index is 2.35. The van der Waals surface area contributed by atoms with Crippen molar-refractivity contribution in [3.8, 4) is 0 Å². The molecule has 0 unspecified atom stereocenters. The first kappa shape index (κ1) is 15.5. The molecule has 0 aliphatic heterocycles. The zero-order valence-electron chi connectivity index (χ0n) is 11.3. The van der Waals surface area contributed by atoms with Crippen LogP contribution >= 0.6 is 23.1 Å². The van der Waals surface area contributed by atoms with Gasteiger partial charge in [0.05, 0.1) is 21.9 Å². The summed E-state index contributed by atoms with van der Waals surface area (Å²) in [5.74, 6) is -0.917. The van der Waals surface area contributed by atoms with Crippen LogP contribution in [0.25, 0.3) is 0 Å². The molecule has 2 rings (SSSR count). The van der Waals surface area contributed by atoms with Crippen molar-refractivity contribution in [3.63, 3.8) is 0 Å². The molecule has 1 aromatic carbocycles. The minimum absolute atomic E-state index is 0.0348. The van der Waals surface area contributed by atoms with E-state index in [-0.39, 0.29) is 12.1 Å². The van der Waals surface area contributed by atoms with Crippen LogP contribution in [0.5, 0.6) is 0 Å². The second-order valence-electron chi connectivity index (χ2n) is 4.34. The van der Waals surface area contributed by atoms with Crippen molar-refractivity contribution in [1.82, 2.24) is 4.98 Å². The molecular weight excluding hydrogens is 312 g/mol. The van der Waals surface area contributed by atoms with Crippen molar-refractivity contribution in [2.75, 3.05) is 0 Å². The van der Waals surface area contributed by atoms with Crippen molar-refractivity contribution >= 4 is 34.8 Å². The Kier molecular flexibility index (Phi) is 4.59. The molecule has 21 heavy (non-hydrogen) atoms. The van der Waals surface area contributed by atoms with Gasteiger partial charge in [0.15, 0.2) is 4.34 Å². The van der Waals surface area contributed by atoms with E-state index in [1.807, 2.05) is 0 Å². The van der Waals surface area contributed by atoms with E-state index in [0.29, 0.717) is 19.8 Å². The Bertz CT molecular complexity index is 712. The minimum Gasteiger partial charge on any atom is -0.481 e. The number of hydrogen-bond donors (Lipinski definition) is 1. The fourth-order valence-electron chi connectivity index (χ4n) is 1.75. The second-order valence-corrected chi connectivity index (χ2v) is 6.68. The number of aliphatic carboxylic acids is 1. The van der Waals surface area contributed by atoms with Crippen molar-refractivity contribution in [3.05, 3.63) is 44.4 Å². The molecule has 0 amide bonds. The van der Waals surface area contributed by atoms with Crippen LogP contribution in [0.1, 0.15) is 16.1 Å². The average molecular weight is 324 g/mol. The van der Waals surface area contributed by atoms with Crippen LogP contribution in [0.2, 0.25) is 0 Å². The molecule has 0 aliphatic carbocycles. The first-order chi connectivity index (χ1) is 9.88. The summed E-state index contributed by atoms with van der Waals surface area (Å²) in [6.07, 6.45) is -0.0834.